The number of hydrogen-bond donors (Lipinski definition) is 1. The van der Waals surface area contributed by atoms with Gasteiger partial charge >= 0.3 is 0 Å². The van der Waals surface area contributed by atoms with Crippen LogP contribution in [-0.4, -0.2) is 31.1 Å². The summed E-state index contributed by atoms with van der Waals surface area (Å²) in [5.41, 5.74) is 0. The SMILES string of the molecule is CCC(NCC(C)CN1CCCC1)c1cccs1. The van der Waals surface area contributed by atoms with Crippen molar-refractivity contribution in [2.75, 3.05) is 26.2 Å². The van der Waals surface area contributed by atoms with E-state index in [1.165, 1.54) is 43.8 Å². The number of rotatable bonds is 7. The normalized spacial score (nSPS) is 20.1. The molecule has 1 fully saturated rings. The van der Waals surface area contributed by atoms with Crippen molar-refractivity contribution in [2.24, 2.45) is 5.92 Å². The zero-order valence-corrected chi connectivity index (χ0v) is 12.5. The Morgan fingerprint density at radius 1 is 1.39 bits per heavy atom. The number of hydrogen-bond acceptors (Lipinski definition) is 3. The molecule has 1 aromatic heterocycles. The summed E-state index contributed by atoms with van der Waals surface area (Å²) in [6.45, 7) is 9.65. The smallest absolute Gasteiger partial charge is 0.0412 e. The molecule has 2 heterocycles. The average Bonchev–Trinajstić information content (AvgIpc) is 3.02. The van der Waals surface area contributed by atoms with E-state index in [0.717, 1.165) is 12.5 Å². The molecular weight excluding hydrogens is 240 g/mol. The quantitative estimate of drug-likeness (QED) is 0.812. The van der Waals surface area contributed by atoms with Gasteiger partial charge < -0.3 is 10.2 Å². The van der Waals surface area contributed by atoms with E-state index in [-0.39, 0.29) is 0 Å². The number of nitrogens with one attached hydrogen (secondary N) is 1. The molecule has 102 valence electrons. The van der Waals surface area contributed by atoms with E-state index < -0.39 is 0 Å². The topological polar surface area (TPSA) is 15.3 Å². The van der Waals surface area contributed by atoms with Crippen LogP contribution in [0.2, 0.25) is 0 Å². The molecule has 1 N–H and O–H groups in total. The first-order valence-corrected chi connectivity index (χ1v) is 8.16. The molecule has 2 atom stereocenters. The third-order valence-electron chi connectivity index (χ3n) is 3.78. The molecule has 18 heavy (non-hydrogen) atoms. The van der Waals surface area contributed by atoms with Crippen LogP contribution in [0, 0.1) is 5.92 Å². The van der Waals surface area contributed by atoms with Crippen molar-refractivity contribution < 1.29 is 0 Å². The summed E-state index contributed by atoms with van der Waals surface area (Å²) in [4.78, 5) is 4.09. The molecule has 1 aliphatic rings. The van der Waals surface area contributed by atoms with Crippen molar-refractivity contribution in [2.45, 2.75) is 39.2 Å². The van der Waals surface area contributed by atoms with Crippen molar-refractivity contribution in [1.29, 1.82) is 0 Å². The van der Waals surface area contributed by atoms with Crippen LogP contribution in [0.4, 0.5) is 0 Å². The lowest BCUT2D eigenvalue weighted by Crippen LogP contribution is -2.33. The molecular formula is C15H26N2S. The molecule has 0 aromatic carbocycles. The zero-order chi connectivity index (χ0) is 12.8. The first-order chi connectivity index (χ1) is 8.79. The Bertz CT molecular complexity index is 317. The molecule has 0 amide bonds. The minimum absolute atomic E-state index is 0.547. The second-order valence-electron chi connectivity index (χ2n) is 5.50. The highest BCUT2D eigenvalue weighted by Gasteiger charge is 2.16. The maximum absolute atomic E-state index is 3.73. The molecule has 0 radical (unpaired) electrons. The summed E-state index contributed by atoms with van der Waals surface area (Å²) >= 11 is 1.87. The van der Waals surface area contributed by atoms with Gasteiger partial charge in [0.1, 0.15) is 0 Å². The summed E-state index contributed by atoms with van der Waals surface area (Å²) in [7, 11) is 0. The molecule has 3 heteroatoms. The predicted octanol–water partition coefficient (Wildman–Crippen LogP) is 3.52. The van der Waals surface area contributed by atoms with Gasteiger partial charge in [0, 0.05) is 17.5 Å². The van der Waals surface area contributed by atoms with Crippen LogP contribution in [0.1, 0.15) is 44.0 Å². The molecule has 1 aromatic rings. The summed E-state index contributed by atoms with van der Waals surface area (Å²) in [6, 6.07) is 4.95. The Morgan fingerprint density at radius 2 is 2.17 bits per heavy atom. The lowest BCUT2D eigenvalue weighted by Gasteiger charge is -2.23. The molecule has 0 saturated carbocycles. The van der Waals surface area contributed by atoms with Gasteiger partial charge in [-0.25, -0.2) is 0 Å². The van der Waals surface area contributed by atoms with Crippen molar-refractivity contribution in [1.82, 2.24) is 10.2 Å². The highest BCUT2D eigenvalue weighted by Crippen LogP contribution is 2.21. The Hall–Kier alpha value is -0.380. The van der Waals surface area contributed by atoms with E-state index >= 15 is 0 Å². The van der Waals surface area contributed by atoms with Crippen LogP contribution in [0.3, 0.4) is 0 Å². The van der Waals surface area contributed by atoms with Crippen LogP contribution in [0.15, 0.2) is 17.5 Å². The van der Waals surface area contributed by atoms with Crippen molar-refractivity contribution in [3.8, 4) is 0 Å². The third kappa shape index (κ3) is 4.08. The molecule has 2 nitrogen and oxygen atoms in total. The van der Waals surface area contributed by atoms with Crippen LogP contribution in [0.5, 0.6) is 0 Å². The van der Waals surface area contributed by atoms with E-state index in [0.29, 0.717) is 6.04 Å². The maximum atomic E-state index is 3.73. The molecule has 2 unspecified atom stereocenters. The summed E-state index contributed by atoms with van der Waals surface area (Å²) < 4.78 is 0. The Morgan fingerprint density at radius 3 is 2.78 bits per heavy atom. The molecule has 0 spiro atoms. The first-order valence-electron chi connectivity index (χ1n) is 7.28. The van der Waals surface area contributed by atoms with Gasteiger partial charge in [-0.05, 0) is 56.3 Å². The van der Waals surface area contributed by atoms with Gasteiger partial charge in [0.25, 0.3) is 0 Å². The standard InChI is InChI=1S/C15H26N2S/c1-3-14(15-7-6-10-18-15)16-11-13(2)12-17-8-4-5-9-17/h6-7,10,13-14,16H,3-5,8-9,11-12H2,1-2H3. The summed E-state index contributed by atoms with van der Waals surface area (Å²) in [5.74, 6) is 0.747. The molecule has 1 saturated heterocycles. The number of nitrogens with zero attached hydrogens (tertiary/aromatic N) is 1. The largest absolute Gasteiger partial charge is 0.309 e. The average molecular weight is 266 g/mol. The van der Waals surface area contributed by atoms with Gasteiger partial charge in [-0.3, -0.25) is 0 Å². The second-order valence-corrected chi connectivity index (χ2v) is 6.48. The Labute approximate surface area is 115 Å². The van der Waals surface area contributed by atoms with Crippen LogP contribution >= 0.6 is 11.3 Å². The predicted molar refractivity (Wildman–Crippen MR) is 80.2 cm³/mol. The fourth-order valence-electron chi connectivity index (χ4n) is 2.75. The molecule has 0 aliphatic carbocycles. The van der Waals surface area contributed by atoms with E-state index in [2.05, 4.69) is 41.6 Å². The minimum Gasteiger partial charge on any atom is -0.309 e. The first kappa shape index (κ1) is 14.0. The summed E-state index contributed by atoms with van der Waals surface area (Å²) in [6.07, 6.45) is 3.97. The van der Waals surface area contributed by atoms with E-state index in [4.69, 9.17) is 0 Å². The van der Waals surface area contributed by atoms with Crippen molar-refractivity contribution in [3.63, 3.8) is 0 Å². The minimum atomic E-state index is 0.547. The van der Waals surface area contributed by atoms with Gasteiger partial charge in [-0.2, -0.15) is 0 Å². The highest BCUT2D eigenvalue weighted by molar-refractivity contribution is 7.10. The zero-order valence-electron chi connectivity index (χ0n) is 11.7. The van der Waals surface area contributed by atoms with Gasteiger partial charge in [0.15, 0.2) is 0 Å². The van der Waals surface area contributed by atoms with Crippen LogP contribution in [0.25, 0.3) is 0 Å². The molecule has 2 rings (SSSR count). The Kier molecular flexibility index (Phi) is 5.67. The van der Waals surface area contributed by atoms with Gasteiger partial charge in [-0.1, -0.05) is 19.9 Å². The molecule has 1 aliphatic heterocycles. The van der Waals surface area contributed by atoms with Gasteiger partial charge in [-0.15, -0.1) is 11.3 Å². The number of likely N-dealkylation sites (tertiary alicyclic amines) is 1. The fourth-order valence-corrected chi connectivity index (χ4v) is 3.64. The lowest BCUT2D eigenvalue weighted by atomic mass is 10.1. The van der Waals surface area contributed by atoms with Crippen LogP contribution in [-0.2, 0) is 0 Å². The summed E-state index contributed by atoms with van der Waals surface area (Å²) in [5, 5.41) is 5.90. The molecule has 0 bridgehead atoms. The number of thiophene rings is 1. The monoisotopic (exact) mass is 266 g/mol. The Balaban J connectivity index is 1.72. The lowest BCUT2D eigenvalue weighted by molar-refractivity contribution is 0.277. The fraction of sp³-hybridized carbons (Fsp3) is 0.733. The van der Waals surface area contributed by atoms with E-state index in [1.807, 2.05) is 11.3 Å². The van der Waals surface area contributed by atoms with E-state index in [9.17, 15) is 0 Å². The van der Waals surface area contributed by atoms with E-state index in [1.54, 1.807) is 0 Å². The van der Waals surface area contributed by atoms with Crippen LogP contribution < -0.4 is 5.32 Å². The second kappa shape index (κ2) is 7.27. The highest BCUT2D eigenvalue weighted by atomic mass is 32.1. The van der Waals surface area contributed by atoms with Gasteiger partial charge in [0.05, 0.1) is 0 Å². The maximum Gasteiger partial charge on any atom is 0.0412 e. The van der Waals surface area contributed by atoms with Crippen molar-refractivity contribution >= 4 is 11.3 Å². The third-order valence-corrected chi connectivity index (χ3v) is 4.76. The van der Waals surface area contributed by atoms with Gasteiger partial charge in [0.2, 0.25) is 0 Å². The van der Waals surface area contributed by atoms with Crippen molar-refractivity contribution in [3.05, 3.63) is 22.4 Å².